The first kappa shape index (κ1) is 17.0. The molecule has 0 saturated heterocycles. The lowest BCUT2D eigenvalue weighted by molar-refractivity contribution is -0.126. The smallest absolute Gasteiger partial charge is 0.337 e. The second-order valence-electron chi connectivity index (χ2n) is 4.91. The number of carbonyl (C=O) groups is 3. The zero-order valence-electron chi connectivity index (χ0n) is 11.9. The van der Waals surface area contributed by atoms with Gasteiger partial charge in [-0.3, -0.25) is 9.59 Å². The van der Waals surface area contributed by atoms with Gasteiger partial charge in [0.25, 0.3) is 0 Å². The van der Waals surface area contributed by atoms with Gasteiger partial charge in [0.05, 0.1) is 11.3 Å². The summed E-state index contributed by atoms with van der Waals surface area (Å²) in [6.07, 6.45) is 0. The van der Waals surface area contributed by atoms with Crippen molar-refractivity contribution in [3.8, 4) is 0 Å². The summed E-state index contributed by atoms with van der Waals surface area (Å²) in [5.41, 5.74) is 0.0223. The summed E-state index contributed by atoms with van der Waals surface area (Å²) in [5, 5.41) is 14.4. The number of hydrogen-bond donors (Lipinski definition) is 3. The Morgan fingerprint density at radius 3 is 2.33 bits per heavy atom. The third kappa shape index (κ3) is 4.75. The van der Waals surface area contributed by atoms with Crippen molar-refractivity contribution < 1.29 is 19.5 Å². The number of nitrogens with one attached hydrogen (secondary N) is 2. The van der Waals surface area contributed by atoms with Gasteiger partial charge in [-0.25, -0.2) is 4.79 Å². The maximum Gasteiger partial charge on any atom is 0.337 e. The van der Waals surface area contributed by atoms with E-state index < -0.39 is 17.9 Å². The van der Waals surface area contributed by atoms with Crippen molar-refractivity contribution in [3.05, 3.63) is 28.8 Å². The number of carboxylic acids is 1. The Balaban J connectivity index is 3.03. The molecule has 0 aliphatic rings. The van der Waals surface area contributed by atoms with Crippen LogP contribution in [0.15, 0.2) is 18.2 Å². The van der Waals surface area contributed by atoms with Gasteiger partial charge in [0.2, 0.25) is 11.8 Å². The lowest BCUT2D eigenvalue weighted by atomic mass is 10.0. The molecular weight excluding hydrogens is 296 g/mol. The van der Waals surface area contributed by atoms with Gasteiger partial charge in [-0.1, -0.05) is 25.4 Å². The van der Waals surface area contributed by atoms with Crippen molar-refractivity contribution in [1.82, 2.24) is 5.32 Å². The minimum absolute atomic E-state index is 0.0712. The quantitative estimate of drug-likeness (QED) is 0.776. The van der Waals surface area contributed by atoms with Gasteiger partial charge in [-0.15, -0.1) is 0 Å². The standard InChI is InChI=1S/C14H17ClN2O4/c1-7(2)12(16-8(3)18)13(19)17-11-6-9(15)4-5-10(11)14(20)21/h4-7,12H,1-3H3,(H,16,18)(H,17,19)(H,20,21). The van der Waals surface area contributed by atoms with Crippen LogP contribution in [0, 0.1) is 5.92 Å². The molecule has 0 aromatic heterocycles. The highest BCUT2D eigenvalue weighted by Crippen LogP contribution is 2.21. The molecule has 0 bridgehead atoms. The average molecular weight is 313 g/mol. The lowest BCUT2D eigenvalue weighted by Crippen LogP contribution is -2.46. The Morgan fingerprint density at radius 2 is 1.86 bits per heavy atom. The number of aromatic carboxylic acids is 1. The number of anilines is 1. The Bertz CT molecular complexity index is 572. The van der Waals surface area contributed by atoms with Gasteiger partial charge in [0.15, 0.2) is 0 Å². The largest absolute Gasteiger partial charge is 0.478 e. The van der Waals surface area contributed by atoms with Crippen molar-refractivity contribution in [2.45, 2.75) is 26.8 Å². The van der Waals surface area contributed by atoms with E-state index in [1.165, 1.54) is 25.1 Å². The van der Waals surface area contributed by atoms with E-state index >= 15 is 0 Å². The highest BCUT2D eigenvalue weighted by molar-refractivity contribution is 6.31. The summed E-state index contributed by atoms with van der Waals surface area (Å²) in [6.45, 7) is 4.86. The summed E-state index contributed by atoms with van der Waals surface area (Å²) >= 11 is 5.82. The van der Waals surface area contributed by atoms with E-state index in [-0.39, 0.29) is 23.1 Å². The molecule has 0 aliphatic heterocycles. The number of rotatable bonds is 5. The molecule has 7 heteroatoms. The van der Waals surface area contributed by atoms with Crippen LogP contribution in [-0.4, -0.2) is 28.9 Å². The number of carbonyl (C=O) groups excluding carboxylic acids is 2. The normalized spacial score (nSPS) is 11.9. The van der Waals surface area contributed by atoms with Crippen molar-refractivity contribution in [2.24, 2.45) is 5.92 Å². The topological polar surface area (TPSA) is 95.5 Å². The second kappa shape index (κ2) is 7.08. The van der Waals surface area contributed by atoms with Crippen LogP contribution in [0.25, 0.3) is 0 Å². The molecule has 1 unspecified atom stereocenters. The first-order valence-electron chi connectivity index (χ1n) is 6.33. The zero-order valence-corrected chi connectivity index (χ0v) is 12.7. The number of halogens is 1. The van der Waals surface area contributed by atoms with Crippen molar-refractivity contribution in [3.63, 3.8) is 0 Å². The van der Waals surface area contributed by atoms with Crippen LogP contribution < -0.4 is 10.6 Å². The predicted molar refractivity (Wildman–Crippen MR) is 79.5 cm³/mol. The molecule has 114 valence electrons. The number of amides is 2. The summed E-state index contributed by atoms with van der Waals surface area (Å²) < 4.78 is 0. The van der Waals surface area contributed by atoms with Crippen LogP contribution in [0.5, 0.6) is 0 Å². The van der Waals surface area contributed by atoms with E-state index in [4.69, 9.17) is 16.7 Å². The van der Waals surface area contributed by atoms with E-state index in [9.17, 15) is 14.4 Å². The number of carboxylic acid groups (broad SMARTS) is 1. The summed E-state index contributed by atoms with van der Waals surface area (Å²) in [7, 11) is 0. The monoisotopic (exact) mass is 312 g/mol. The molecule has 2 amide bonds. The fourth-order valence-electron chi connectivity index (χ4n) is 1.77. The maximum atomic E-state index is 12.2. The summed E-state index contributed by atoms with van der Waals surface area (Å²) in [6, 6.07) is 3.33. The molecule has 1 aromatic carbocycles. The fraction of sp³-hybridized carbons (Fsp3) is 0.357. The highest BCUT2D eigenvalue weighted by atomic mass is 35.5. The van der Waals surface area contributed by atoms with Gasteiger partial charge < -0.3 is 15.7 Å². The van der Waals surface area contributed by atoms with Crippen LogP contribution in [0.3, 0.4) is 0 Å². The number of benzene rings is 1. The van der Waals surface area contributed by atoms with Crippen LogP contribution in [0.2, 0.25) is 5.02 Å². The fourth-order valence-corrected chi connectivity index (χ4v) is 1.94. The van der Waals surface area contributed by atoms with Gasteiger partial charge >= 0.3 is 5.97 Å². The molecule has 0 radical (unpaired) electrons. The average Bonchev–Trinajstić information content (AvgIpc) is 2.34. The molecule has 1 rings (SSSR count). The molecule has 0 aliphatic carbocycles. The van der Waals surface area contributed by atoms with Gasteiger partial charge in [-0.2, -0.15) is 0 Å². The SMILES string of the molecule is CC(=O)NC(C(=O)Nc1cc(Cl)ccc1C(=O)O)C(C)C. The molecule has 0 fully saturated rings. The predicted octanol–water partition coefficient (Wildman–Crippen LogP) is 2.14. The van der Waals surface area contributed by atoms with Gasteiger partial charge in [-0.05, 0) is 24.1 Å². The Kier molecular flexibility index (Phi) is 5.72. The maximum absolute atomic E-state index is 12.2. The molecule has 6 nitrogen and oxygen atoms in total. The molecule has 0 saturated carbocycles. The lowest BCUT2D eigenvalue weighted by Gasteiger charge is -2.21. The van der Waals surface area contributed by atoms with E-state index in [1.54, 1.807) is 13.8 Å². The summed E-state index contributed by atoms with van der Waals surface area (Å²) in [5.74, 6) is -2.16. The van der Waals surface area contributed by atoms with Gasteiger partial charge in [0.1, 0.15) is 6.04 Å². The molecule has 1 aromatic rings. The third-order valence-corrected chi connectivity index (χ3v) is 3.01. The van der Waals surface area contributed by atoms with Crippen molar-refractivity contribution in [2.75, 3.05) is 5.32 Å². The van der Waals surface area contributed by atoms with Crippen LogP contribution in [-0.2, 0) is 9.59 Å². The van der Waals surface area contributed by atoms with Crippen LogP contribution >= 0.6 is 11.6 Å². The first-order valence-corrected chi connectivity index (χ1v) is 6.71. The van der Waals surface area contributed by atoms with E-state index in [0.717, 1.165) is 0 Å². The molecule has 21 heavy (non-hydrogen) atoms. The Morgan fingerprint density at radius 1 is 1.24 bits per heavy atom. The highest BCUT2D eigenvalue weighted by Gasteiger charge is 2.24. The van der Waals surface area contributed by atoms with E-state index in [0.29, 0.717) is 5.02 Å². The van der Waals surface area contributed by atoms with Crippen LogP contribution in [0.1, 0.15) is 31.1 Å². The molecule has 0 spiro atoms. The molecule has 3 N–H and O–H groups in total. The number of hydrogen-bond acceptors (Lipinski definition) is 3. The Labute approximate surface area is 127 Å². The molecular formula is C14H17ClN2O4. The van der Waals surface area contributed by atoms with Crippen molar-refractivity contribution >= 4 is 35.1 Å². The summed E-state index contributed by atoms with van der Waals surface area (Å²) in [4.78, 5) is 34.5. The van der Waals surface area contributed by atoms with Gasteiger partial charge in [0, 0.05) is 11.9 Å². The first-order chi connectivity index (χ1) is 9.72. The molecule has 1 atom stereocenters. The van der Waals surface area contributed by atoms with Crippen molar-refractivity contribution in [1.29, 1.82) is 0 Å². The van der Waals surface area contributed by atoms with E-state index in [1.807, 2.05) is 0 Å². The molecule has 0 heterocycles. The third-order valence-electron chi connectivity index (χ3n) is 2.78. The zero-order chi connectivity index (χ0) is 16.2. The van der Waals surface area contributed by atoms with Crippen LogP contribution in [0.4, 0.5) is 5.69 Å². The minimum atomic E-state index is -1.18. The second-order valence-corrected chi connectivity index (χ2v) is 5.34. The Hall–Kier alpha value is -2.08. The minimum Gasteiger partial charge on any atom is -0.478 e. The van der Waals surface area contributed by atoms with E-state index in [2.05, 4.69) is 10.6 Å².